The molecule has 2 nitrogen and oxygen atoms in total. The number of hydrogen-bond donors (Lipinski definition) is 0. The highest BCUT2D eigenvalue weighted by atomic mass is 14.7. The monoisotopic (exact) mass is 398 g/mol. The van der Waals surface area contributed by atoms with Crippen LogP contribution < -0.4 is 0 Å². The highest BCUT2D eigenvalue weighted by molar-refractivity contribution is 5.92. The average molecular weight is 399 g/mol. The van der Waals surface area contributed by atoms with Crippen molar-refractivity contribution in [1.29, 1.82) is 0 Å². The lowest BCUT2D eigenvalue weighted by atomic mass is 9.81. The molecule has 0 bridgehead atoms. The van der Waals surface area contributed by atoms with Crippen LogP contribution >= 0.6 is 0 Å². The molecular weight excluding hydrogens is 376 g/mol. The molecule has 0 spiro atoms. The molecule has 0 atom stereocenters. The van der Waals surface area contributed by atoms with E-state index in [-0.39, 0.29) is 5.41 Å². The molecule has 1 aliphatic rings. The molecule has 0 aliphatic heterocycles. The topological polar surface area (TPSA) is 25.8 Å². The summed E-state index contributed by atoms with van der Waals surface area (Å²) >= 11 is 0. The smallest absolute Gasteiger partial charge is 0.0705 e. The summed E-state index contributed by atoms with van der Waals surface area (Å²) in [7, 11) is 0. The Morgan fingerprint density at radius 2 is 1.39 bits per heavy atom. The van der Waals surface area contributed by atoms with Crippen molar-refractivity contribution in [1.82, 2.24) is 9.97 Å². The molecular formula is C29H22N2. The Hall–Kier alpha value is -3.78. The minimum atomic E-state index is -0.0645. The van der Waals surface area contributed by atoms with Crippen LogP contribution in [0.2, 0.25) is 0 Å². The van der Waals surface area contributed by atoms with E-state index in [0.717, 1.165) is 16.8 Å². The zero-order chi connectivity index (χ0) is 21.0. The maximum Gasteiger partial charge on any atom is 0.0705 e. The third kappa shape index (κ3) is 2.79. The van der Waals surface area contributed by atoms with Crippen molar-refractivity contribution in [3.05, 3.63) is 108 Å². The molecule has 0 fully saturated rings. The van der Waals surface area contributed by atoms with Gasteiger partial charge in [-0.2, -0.15) is 0 Å². The standard InChI is InChI=1S/C29H22N2/c1-29(2)25-17-20(19-7-5-8-21(15-19)27-10-3-4-13-30-27)11-12-23(25)24-16-22-9-6-14-31-28(22)18-26(24)29/h3-18H,1-2H3. The van der Waals surface area contributed by atoms with Crippen LogP contribution in [0, 0.1) is 0 Å². The Balaban J connectivity index is 1.49. The molecule has 6 rings (SSSR count). The lowest BCUT2D eigenvalue weighted by molar-refractivity contribution is 0.661. The molecule has 0 amide bonds. The van der Waals surface area contributed by atoms with E-state index < -0.39 is 0 Å². The molecule has 5 aromatic rings. The molecule has 2 heteroatoms. The first-order valence-corrected chi connectivity index (χ1v) is 10.7. The zero-order valence-corrected chi connectivity index (χ0v) is 17.6. The van der Waals surface area contributed by atoms with Gasteiger partial charge in [-0.15, -0.1) is 0 Å². The molecule has 0 saturated heterocycles. The molecule has 0 N–H and O–H groups in total. The summed E-state index contributed by atoms with van der Waals surface area (Å²) in [6, 6.07) is 30.3. The molecule has 0 saturated carbocycles. The van der Waals surface area contributed by atoms with Crippen molar-refractivity contribution in [3.63, 3.8) is 0 Å². The Kier molecular flexibility index (Phi) is 3.85. The van der Waals surface area contributed by atoms with Gasteiger partial charge in [-0.05, 0) is 75.8 Å². The number of hydrogen-bond acceptors (Lipinski definition) is 2. The highest BCUT2D eigenvalue weighted by Gasteiger charge is 2.36. The van der Waals surface area contributed by atoms with E-state index in [1.54, 1.807) is 0 Å². The number of pyridine rings is 2. The number of aromatic nitrogens is 2. The van der Waals surface area contributed by atoms with Gasteiger partial charge in [-0.25, -0.2) is 0 Å². The second-order valence-corrected chi connectivity index (χ2v) is 8.78. The van der Waals surface area contributed by atoms with Crippen LogP contribution in [0.3, 0.4) is 0 Å². The van der Waals surface area contributed by atoms with Crippen LogP contribution in [-0.2, 0) is 5.41 Å². The first-order chi connectivity index (χ1) is 15.1. The predicted molar refractivity (Wildman–Crippen MR) is 128 cm³/mol. The number of rotatable bonds is 2. The number of benzene rings is 3. The lowest BCUT2D eigenvalue weighted by Crippen LogP contribution is -2.15. The van der Waals surface area contributed by atoms with Gasteiger partial charge in [0.1, 0.15) is 0 Å². The fraction of sp³-hybridized carbons (Fsp3) is 0.103. The summed E-state index contributed by atoms with van der Waals surface area (Å²) in [5.41, 5.74) is 11.0. The molecule has 1 aliphatic carbocycles. The van der Waals surface area contributed by atoms with E-state index in [2.05, 4.69) is 90.5 Å². The summed E-state index contributed by atoms with van der Waals surface area (Å²) < 4.78 is 0. The van der Waals surface area contributed by atoms with E-state index in [9.17, 15) is 0 Å². The van der Waals surface area contributed by atoms with Gasteiger partial charge in [-0.3, -0.25) is 9.97 Å². The van der Waals surface area contributed by atoms with Crippen LogP contribution in [0.15, 0.2) is 97.3 Å². The highest BCUT2D eigenvalue weighted by Crippen LogP contribution is 2.50. The summed E-state index contributed by atoms with van der Waals surface area (Å²) in [4.78, 5) is 9.10. The Morgan fingerprint density at radius 1 is 0.581 bits per heavy atom. The normalized spacial score (nSPS) is 13.7. The van der Waals surface area contributed by atoms with Crippen molar-refractivity contribution in [3.8, 4) is 33.5 Å². The van der Waals surface area contributed by atoms with Crippen molar-refractivity contribution < 1.29 is 0 Å². The summed E-state index contributed by atoms with van der Waals surface area (Å²) in [6.07, 6.45) is 3.71. The maximum absolute atomic E-state index is 4.58. The second-order valence-electron chi connectivity index (χ2n) is 8.78. The molecule has 2 aromatic heterocycles. The van der Waals surface area contributed by atoms with E-state index in [1.165, 1.54) is 38.8 Å². The summed E-state index contributed by atoms with van der Waals surface area (Å²) in [5, 5.41) is 1.19. The van der Waals surface area contributed by atoms with E-state index >= 15 is 0 Å². The molecule has 0 unspecified atom stereocenters. The molecule has 0 radical (unpaired) electrons. The summed E-state index contributed by atoms with van der Waals surface area (Å²) in [5.74, 6) is 0. The third-order valence-corrected chi connectivity index (χ3v) is 6.56. The van der Waals surface area contributed by atoms with Crippen molar-refractivity contribution >= 4 is 10.9 Å². The lowest BCUT2D eigenvalue weighted by Gasteiger charge is -2.22. The van der Waals surface area contributed by atoms with Gasteiger partial charge < -0.3 is 0 Å². The minimum Gasteiger partial charge on any atom is -0.256 e. The van der Waals surface area contributed by atoms with Gasteiger partial charge >= 0.3 is 0 Å². The van der Waals surface area contributed by atoms with Gasteiger partial charge in [0.25, 0.3) is 0 Å². The van der Waals surface area contributed by atoms with Gasteiger partial charge in [0.05, 0.1) is 11.2 Å². The van der Waals surface area contributed by atoms with Crippen LogP contribution in [0.4, 0.5) is 0 Å². The van der Waals surface area contributed by atoms with Crippen molar-refractivity contribution in [2.75, 3.05) is 0 Å². The maximum atomic E-state index is 4.58. The molecule has 148 valence electrons. The Labute approximate surface area is 182 Å². The predicted octanol–water partition coefficient (Wildman–Crippen LogP) is 7.27. The van der Waals surface area contributed by atoms with Crippen LogP contribution in [-0.4, -0.2) is 9.97 Å². The van der Waals surface area contributed by atoms with E-state index in [0.29, 0.717) is 0 Å². The SMILES string of the molecule is CC1(C)c2cc(-c3cccc(-c4ccccn4)c3)ccc2-c2cc3cccnc3cc21. The Bertz CT molecular complexity index is 1450. The second kappa shape index (κ2) is 6.61. The quantitative estimate of drug-likeness (QED) is 0.312. The summed E-state index contributed by atoms with van der Waals surface area (Å²) in [6.45, 7) is 4.64. The van der Waals surface area contributed by atoms with Crippen LogP contribution in [0.25, 0.3) is 44.4 Å². The van der Waals surface area contributed by atoms with Gasteiger partial charge in [0, 0.05) is 28.8 Å². The van der Waals surface area contributed by atoms with E-state index in [4.69, 9.17) is 0 Å². The van der Waals surface area contributed by atoms with E-state index in [1.807, 2.05) is 30.6 Å². The Morgan fingerprint density at radius 3 is 2.26 bits per heavy atom. The average Bonchev–Trinajstić information content (AvgIpc) is 3.04. The minimum absolute atomic E-state index is 0.0645. The first kappa shape index (κ1) is 18.0. The largest absolute Gasteiger partial charge is 0.256 e. The van der Waals surface area contributed by atoms with Crippen molar-refractivity contribution in [2.45, 2.75) is 19.3 Å². The number of fused-ring (bicyclic) bond motifs is 4. The van der Waals surface area contributed by atoms with Crippen LogP contribution in [0.1, 0.15) is 25.0 Å². The zero-order valence-electron chi connectivity index (χ0n) is 17.6. The van der Waals surface area contributed by atoms with Gasteiger partial charge in [0.15, 0.2) is 0 Å². The van der Waals surface area contributed by atoms with Crippen LogP contribution in [0.5, 0.6) is 0 Å². The van der Waals surface area contributed by atoms with Gasteiger partial charge in [0.2, 0.25) is 0 Å². The third-order valence-electron chi connectivity index (χ3n) is 6.56. The van der Waals surface area contributed by atoms with Gasteiger partial charge in [-0.1, -0.05) is 56.3 Å². The first-order valence-electron chi connectivity index (χ1n) is 10.7. The fourth-order valence-electron chi connectivity index (χ4n) is 4.87. The van der Waals surface area contributed by atoms with Crippen molar-refractivity contribution in [2.24, 2.45) is 0 Å². The molecule has 31 heavy (non-hydrogen) atoms. The fourth-order valence-corrected chi connectivity index (χ4v) is 4.87. The number of nitrogens with zero attached hydrogens (tertiary/aromatic N) is 2. The molecule has 3 aromatic carbocycles. The molecule has 2 heterocycles.